The van der Waals surface area contributed by atoms with Crippen molar-refractivity contribution in [2.24, 2.45) is 0 Å². The van der Waals surface area contributed by atoms with Crippen LogP contribution in [0.2, 0.25) is 0 Å². The normalized spacial score (nSPS) is 9.67. The molecule has 0 fully saturated rings. The van der Waals surface area contributed by atoms with E-state index in [-0.39, 0.29) is 34.9 Å². The van der Waals surface area contributed by atoms with Crippen molar-refractivity contribution in [3.63, 3.8) is 0 Å². The zero-order valence-electron chi connectivity index (χ0n) is 8.18. The Morgan fingerprint density at radius 1 is 1.20 bits per heavy atom. The maximum Gasteiger partial charge on any atom is 0.143 e. The van der Waals surface area contributed by atoms with E-state index in [9.17, 15) is 9.00 Å². The first-order chi connectivity index (χ1) is 7.22. The lowest BCUT2D eigenvalue weighted by Gasteiger charge is -1.99. The van der Waals surface area contributed by atoms with Crippen LogP contribution in [0, 0.1) is 0 Å². The van der Waals surface area contributed by atoms with Crippen LogP contribution < -0.4 is 0 Å². The molecule has 0 bridgehead atoms. The Morgan fingerprint density at radius 2 is 1.87 bits per heavy atom. The molecule has 3 nitrogen and oxygen atoms in total. The van der Waals surface area contributed by atoms with Gasteiger partial charge in [0.25, 0.3) is 0 Å². The molecule has 0 aliphatic carbocycles. The molecule has 80 valence electrons. The van der Waals surface area contributed by atoms with Gasteiger partial charge in [-0.1, -0.05) is 30.3 Å². The van der Waals surface area contributed by atoms with Crippen molar-refractivity contribution in [1.82, 2.24) is 0 Å². The summed E-state index contributed by atoms with van der Waals surface area (Å²) in [6, 6.07) is 9.40. The highest BCUT2D eigenvalue weighted by molar-refractivity contribution is 7.66. The van der Waals surface area contributed by atoms with Crippen molar-refractivity contribution in [2.45, 2.75) is 19.3 Å². The van der Waals surface area contributed by atoms with E-state index in [1.165, 1.54) is 0 Å². The molecule has 0 aliphatic heterocycles. The second-order valence-electron chi connectivity index (χ2n) is 3.18. The summed E-state index contributed by atoms with van der Waals surface area (Å²) >= 11 is 0.0431. The Hall–Kier alpha value is -1.26. The third kappa shape index (κ3) is 4.67. The molecule has 0 atom stereocenters. The molecule has 4 heteroatoms. The molecule has 1 aromatic carbocycles. The molecule has 0 heterocycles. The van der Waals surface area contributed by atoms with Gasteiger partial charge >= 0.3 is 0 Å². The van der Waals surface area contributed by atoms with E-state index in [2.05, 4.69) is 0 Å². The van der Waals surface area contributed by atoms with E-state index in [4.69, 9.17) is 5.11 Å². The summed E-state index contributed by atoms with van der Waals surface area (Å²) in [6.07, 6.45) is 0.730. The molecule has 0 aliphatic rings. The van der Waals surface area contributed by atoms with Gasteiger partial charge in [0.15, 0.2) is 0 Å². The third-order valence-corrected chi connectivity index (χ3v) is 2.35. The molecule has 0 aromatic heterocycles. The van der Waals surface area contributed by atoms with Crippen molar-refractivity contribution in [2.75, 3.05) is 0 Å². The first kappa shape index (κ1) is 11.8. The van der Waals surface area contributed by atoms with E-state index < -0.39 is 0 Å². The lowest BCUT2D eigenvalue weighted by Crippen LogP contribution is -2.06. The molecule has 1 aromatic rings. The summed E-state index contributed by atoms with van der Waals surface area (Å²) in [7, 11) is 0. The minimum atomic E-state index is -0.226. The highest BCUT2D eigenvalue weighted by Gasteiger charge is 2.04. The van der Waals surface area contributed by atoms with Crippen LogP contribution in [0.1, 0.15) is 18.4 Å². The van der Waals surface area contributed by atoms with Crippen LogP contribution in [-0.2, 0) is 22.5 Å². The van der Waals surface area contributed by atoms with E-state index in [0.29, 0.717) is 6.42 Å². The number of ketones is 1. The average molecular weight is 224 g/mol. The van der Waals surface area contributed by atoms with Gasteiger partial charge in [-0.3, -0.25) is 4.79 Å². The Kier molecular flexibility index (Phi) is 4.93. The second-order valence-corrected chi connectivity index (χ2v) is 3.82. The molecule has 0 amide bonds. The number of carbonyl (C=O) groups excluding carboxylic acids is 1. The minimum absolute atomic E-state index is 0.0294. The van der Waals surface area contributed by atoms with Gasteiger partial charge in [-0.25, -0.2) is 4.21 Å². The molecule has 1 rings (SSSR count). The Balaban J connectivity index is 2.40. The lowest BCUT2D eigenvalue weighted by molar-refractivity contribution is -0.118. The van der Waals surface area contributed by atoms with E-state index >= 15 is 0 Å². The number of Topliss-reactive ketones (excluding diaryl/α,β-unsaturated/α-hetero) is 1. The third-order valence-electron chi connectivity index (χ3n) is 1.96. The van der Waals surface area contributed by atoms with Crippen LogP contribution in [-0.4, -0.2) is 20.1 Å². The van der Waals surface area contributed by atoms with Gasteiger partial charge in [0.2, 0.25) is 0 Å². The van der Waals surface area contributed by atoms with E-state index in [0.717, 1.165) is 5.56 Å². The second kappa shape index (κ2) is 6.27. The SMILES string of the molecule is O=S=C(O)CCC(=O)Cc1ccccc1. The lowest BCUT2D eigenvalue weighted by atomic mass is 10.1. The summed E-state index contributed by atoms with van der Waals surface area (Å²) in [5.74, 6) is 0.0294. The fourth-order valence-corrected chi connectivity index (χ4v) is 1.39. The highest BCUT2D eigenvalue weighted by Crippen LogP contribution is 2.03. The van der Waals surface area contributed by atoms with Gasteiger partial charge < -0.3 is 5.11 Å². The largest absolute Gasteiger partial charge is 0.353 e. The quantitative estimate of drug-likeness (QED) is 0.771. The highest BCUT2D eigenvalue weighted by atomic mass is 32.1. The topological polar surface area (TPSA) is 54.4 Å². The fourth-order valence-electron chi connectivity index (χ4n) is 1.20. The first-order valence-electron chi connectivity index (χ1n) is 4.62. The Labute approximate surface area is 91.8 Å². The Bertz CT molecular complexity index is 380. The van der Waals surface area contributed by atoms with E-state index in [1.54, 1.807) is 0 Å². The molecule has 0 saturated carbocycles. The first-order valence-corrected chi connectivity index (χ1v) is 5.37. The molecule has 0 radical (unpaired) electrons. The van der Waals surface area contributed by atoms with Crippen LogP contribution in [0.3, 0.4) is 0 Å². The molecule has 0 saturated heterocycles. The molecular formula is C11H12O3S. The predicted octanol–water partition coefficient (Wildman–Crippen LogP) is 1.48. The molecule has 15 heavy (non-hydrogen) atoms. The maximum atomic E-state index is 11.4. The molecule has 1 N–H and O–H groups in total. The minimum Gasteiger partial charge on any atom is -0.353 e. The predicted molar refractivity (Wildman–Crippen MR) is 60.2 cm³/mol. The number of benzene rings is 1. The van der Waals surface area contributed by atoms with Gasteiger partial charge in [0.05, 0.1) is 0 Å². The van der Waals surface area contributed by atoms with Crippen LogP contribution >= 0.6 is 0 Å². The summed E-state index contributed by atoms with van der Waals surface area (Å²) in [6.45, 7) is 0. The van der Waals surface area contributed by atoms with Gasteiger partial charge in [-0.15, -0.1) is 0 Å². The van der Waals surface area contributed by atoms with Crippen molar-refractivity contribution in [1.29, 1.82) is 0 Å². The van der Waals surface area contributed by atoms with E-state index in [1.807, 2.05) is 30.3 Å². The fraction of sp³-hybridized carbons (Fsp3) is 0.273. The zero-order chi connectivity index (χ0) is 11.1. The number of carbonyl (C=O) groups is 1. The number of hydrogen-bond acceptors (Lipinski definition) is 2. The monoisotopic (exact) mass is 224 g/mol. The van der Waals surface area contributed by atoms with Crippen LogP contribution in [0.4, 0.5) is 0 Å². The standard InChI is InChI=1S/C11H12O3S/c12-10(6-7-11(13)15-14)8-9-4-2-1-3-5-9/h1-5,13H,6-8H2. The van der Waals surface area contributed by atoms with Gasteiger partial charge in [-0.05, 0) is 5.56 Å². The smallest absolute Gasteiger partial charge is 0.143 e. The molecular weight excluding hydrogens is 212 g/mol. The summed E-state index contributed by atoms with van der Waals surface area (Å²) < 4.78 is 10.1. The summed E-state index contributed by atoms with van der Waals surface area (Å²) in [5, 5.41) is 8.66. The number of aliphatic hydroxyl groups excluding tert-OH is 1. The summed E-state index contributed by atoms with van der Waals surface area (Å²) in [5.41, 5.74) is 0.955. The maximum absolute atomic E-state index is 11.4. The number of aliphatic hydroxyl groups is 1. The van der Waals surface area contributed by atoms with Gasteiger partial charge in [0, 0.05) is 19.3 Å². The number of hydrogen-bond donors (Lipinski definition) is 1. The van der Waals surface area contributed by atoms with Crippen molar-refractivity contribution in [3.8, 4) is 0 Å². The van der Waals surface area contributed by atoms with Gasteiger partial charge in [0.1, 0.15) is 22.1 Å². The van der Waals surface area contributed by atoms with Crippen LogP contribution in [0.25, 0.3) is 0 Å². The van der Waals surface area contributed by atoms with Crippen molar-refractivity contribution in [3.05, 3.63) is 35.9 Å². The van der Waals surface area contributed by atoms with Crippen LogP contribution in [0.5, 0.6) is 0 Å². The van der Waals surface area contributed by atoms with Gasteiger partial charge in [-0.2, -0.15) is 0 Å². The van der Waals surface area contributed by atoms with Crippen LogP contribution in [0.15, 0.2) is 30.3 Å². The van der Waals surface area contributed by atoms with Crippen molar-refractivity contribution >= 4 is 22.1 Å². The van der Waals surface area contributed by atoms with Crippen molar-refractivity contribution < 1.29 is 14.1 Å². The molecule has 0 spiro atoms. The Morgan fingerprint density at radius 3 is 2.47 bits per heavy atom. The molecule has 0 unspecified atom stereocenters. The zero-order valence-corrected chi connectivity index (χ0v) is 9.00. The average Bonchev–Trinajstić information content (AvgIpc) is 2.27. The summed E-state index contributed by atoms with van der Waals surface area (Å²) in [4.78, 5) is 11.4. The number of rotatable bonds is 5.